The van der Waals surface area contributed by atoms with Gasteiger partial charge in [-0.25, -0.2) is 0 Å². The number of fused-ring (bicyclic) bond motifs is 3. The molecule has 24 heavy (non-hydrogen) atoms. The standard InChI is InChI=1S/C20H32O4/c1-17-7-3-8-18(2,16(22)23)14(17)6-9-19-10-13(4-5-15(17)19)20(24,11-19)12-21/h13-15,21,24H,3-12H2,1-2H3,(H,22,23)/t13-,14-,15+,17-,18+,19+,20+/m1/s1. The second-order valence-corrected chi connectivity index (χ2v) is 10.0. The van der Waals surface area contributed by atoms with Crippen molar-refractivity contribution in [2.75, 3.05) is 6.61 Å². The quantitative estimate of drug-likeness (QED) is 0.723. The Hall–Kier alpha value is -0.610. The number of aliphatic hydroxyl groups is 2. The Morgan fingerprint density at radius 1 is 1.08 bits per heavy atom. The average Bonchev–Trinajstić information content (AvgIpc) is 2.73. The second kappa shape index (κ2) is 4.97. The number of carboxylic acid groups (broad SMARTS) is 1. The van der Waals surface area contributed by atoms with E-state index in [1.54, 1.807) is 0 Å². The van der Waals surface area contributed by atoms with Crippen LogP contribution in [0, 0.1) is 34.0 Å². The van der Waals surface area contributed by atoms with Crippen LogP contribution < -0.4 is 0 Å². The lowest BCUT2D eigenvalue weighted by atomic mass is 9.41. The number of carboxylic acids is 1. The molecular weight excluding hydrogens is 304 g/mol. The molecule has 0 heterocycles. The fourth-order valence-corrected chi connectivity index (χ4v) is 8.06. The summed E-state index contributed by atoms with van der Waals surface area (Å²) in [6.07, 6.45) is 8.73. The lowest BCUT2D eigenvalue weighted by molar-refractivity contribution is -0.181. The van der Waals surface area contributed by atoms with Gasteiger partial charge in [-0.15, -0.1) is 0 Å². The SMILES string of the molecule is C[C@@]12CCC[C@](C)(C(=O)O)[C@@H]1CC[C@@]13C[C@@H](CC[C@H]12)[C@@](O)(CO)C3. The van der Waals surface area contributed by atoms with E-state index >= 15 is 0 Å². The van der Waals surface area contributed by atoms with E-state index in [-0.39, 0.29) is 29.3 Å². The van der Waals surface area contributed by atoms with Crippen LogP contribution in [0.25, 0.3) is 0 Å². The first-order chi connectivity index (χ1) is 11.2. The molecule has 4 rings (SSSR count). The molecule has 1 spiro atoms. The third-order valence-corrected chi connectivity index (χ3v) is 9.08. The maximum Gasteiger partial charge on any atom is 0.309 e. The normalized spacial score (nSPS) is 56.4. The zero-order valence-electron chi connectivity index (χ0n) is 15.1. The highest BCUT2D eigenvalue weighted by atomic mass is 16.4. The van der Waals surface area contributed by atoms with Gasteiger partial charge in [-0.1, -0.05) is 13.3 Å². The van der Waals surface area contributed by atoms with Crippen LogP contribution in [0.2, 0.25) is 0 Å². The third-order valence-electron chi connectivity index (χ3n) is 9.08. The Labute approximate surface area is 144 Å². The van der Waals surface area contributed by atoms with Crippen molar-refractivity contribution in [2.24, 2.45) is 34.0 Å². The van der Waals surface area contributed by atoms with Gasteiger partial charge in [-0.05, 0) is 86.9 Å². The Morgan fingerprint density at radius 3 is 2.50 bits per heavy atom. The van der Waals surface area contributed by atoms with Gasteiger partial charge in [0, 0.05) is 0 Å². The number of rotatable bonds is 2. The number of hydrogen-bond acceptors (Lipinski definition) is 3. The van der Waals surface area contributed by atoms with Crippen LogP contribution in [0.15, 0.2) is 0 Å². The van der Waals surface area contributed by atoms with Crippen LogP contribution in [0.5, 0.6) is 0 Å². The fourth-order valence-electron chi connectivity index (χ4n) is 8.06. The van der Waals surface area contributed by atoms with Gasteiger partial charge < -0.3 is 15.3 Å². The Bertz CT molecular complexity index is 562. The monoisotopic (exact) mass is 336 g/mol. The van der Waals surface area contributed by atoms with Gasteiger partial charge in [0.15, 0.2) is 0 Å². The first-order valence-electron chi connectivity index (χ1n) is 9.77. The first kappa shape index (κ1) is 16.8. The fraction of sp³-hybridized carbons (Fsp3) is 0.950. The van der Waals surface area contributed by atoms with Crippen molar-refractivity contribution >= 4 is 5.97 Å². The number of hydrogen-bond donors (Lipinski definition) is 3. The van der Waals surface area contributed by atoms with E-state index in [1.165, 1.54) is 0 Å². The highest BCUT2D eigenvalue weighted by molar-refractivity contribution is 5.75. The summed E-state index contributed by atoms with van der Waals surface area (Å²) in [7, 11) is 0. The maximum absolute atomic E-state index is 12.1. The molecule has 4 saturated carbocycles. The van der Waals surface area contributed by atoms with Crippen LogP contribution in [0.3, 0.4) is 0 Å². The van der Waals surface area contributed by atoms with E-state index in [0.29, 0.717) is 5.92 Å². The molecule has 136 valence electrons. The minimum absolute atomic E-state index is 0.0648. The Morgan fingerprint density at radius 2 is 1.83 bits per heavy atom. The van der Waals surface area contributed by atoms with Crippen LogP contribution >= 0.6 is 0 Å². The summed E-state index contributed by atoms with van der Waals surface area (Å²) in [5.74, 6) is 0.348. The predicted molar refractivity (Wildman–Crippen MR) is 90.3 cm³/mol. The lowest BCUT2D eigenvalue weighted by Crippen LogP contribution is -2.58. The number of carbonyl (C=O) groups is 1. The maximum atomic E-state index is 12.1. The summed E-state index contributed by atoms with van der Waals surface area (Å²) >= 11 is 0. The zero-order chi connectivity index (χ0) is 17.4. The minimum Gasteiger partial charge on any atom is -0.481 e. The van der Waals surface area contributed by atoms with Crippen molar-refractivity contribution in [3.63, 3.8) is 0 Å². The van der Waals surface area contributed by atoms with Crippen molar-refractivity contribution in [3.05, 3.63) is 0 Å². The van der Waals surface area contributed by atoms with Crippen molar-refractivity contribution in [2.45, 2.75) is 77.2 Å². The molecule has 0 amide bonds. The van der Waals surface area contributed by atoms with E-state index in [4.69, 9.17) is 0 Å². The highest BCUT2D eigenvalue weighted by Gasteiger charge is 2.68. The molecule has 4 aliphatic carbocycles. The molecule has 0 aromatic carbocycles. The molecule has 0 unspecified atom stereocenters. The Balaban J connectivity index is 1.73. The predicted octanol–water partition coefficient (Wildman–Crippen LogP) is 3.21. The van der Waals surface area contributed by atoms with Gasteiger partial charge in [0.05, 0.1) is 17.6 Å². The molecule has 4 nitrogen and oxygen atoms in total. The van der Waals surface area contributed by atoms with Crippen molar-refractivity contribution < 1.29 is 20.1 Å². The van der Waals surface area contributed by atoms with Crippen LogP contribution in [-0.4, -0.2) is 33.5 Å². The Kier molecular flexibility index (Phi) is 3.49. The smallest absolute Gasteiger partial charge is 0.309 e. The summed E-state index contributed by atoms with van der Waals surface area (Å²) < 4.78 is 0. The van der Waals surface area contributed by atoms with E-state index < -0.39 is 17.0 Å². The zero-order valence-corrected chi connectivity index (χ0v) is 15.1. The first-order valence-corrected chi connectivity index (χ1v) is 9.77. The van der Waals surface area contributed by atoms with E-state index in [9.17, 15) is 20.1 Å². The van der Waals surface area contributed by atoms with Gasteiger partial charge in [0.2, 0.25) is 0 Å². The molecule has 0 aromatic heterocycles. The van der Waals surface area contributed by atoms with Gasteiger partial charge in [0.1, 0.15) is 0 Å². The molecule has 2 bridgehead atoms. The molecule has 4 aliphatic rings. The van der Waals surface area contributed by atoms with E-state index in [1.807, 2.05) is 6.92 Å². The van der Waals surface area contributed by atoms with Gasteiger partial charge >= 0.3 is 5.97 Å². The molecule has 0 aliphatic heterocycles. The summed E-state index contributed by atoms with van der Waals surface area (Å²) in [4.78, 5) is 12.1. The van der Waals surface area contributed by atoms with Crippen molar-refractivity contribution in [3.8, 4) is 0 Å². The molecule has 0 saturated heterocycles. The molecule has 0 aromatic rings. The van der Waals surface area contributed by atoms with Crippen molar-refractivity contribution in [1.29, 1.82) is 0 Å². The summed E-state index contributed by atoms with van der Waals surface area (Å²) in [5, 5.41) is 30.6. The van der Waals surface area contributed by atoms with Crippen molar-refractivity contribution in [1.82, 2.24) is 0 Å². The van der Waals surface area contributed by atoms with Gasteiger partial charge in [-0.3, -0.25) is 4.79 Å². The molecule has 4 heteroatoms. The number of aliphatic hydroxyl groups excluding tert-OH is 1. The molecule has 3 N–H and O–H groups in total. The molecule has 4 fully saturated rings. The summed E-state index contributed by atoms with van der Waals surface area (Å²) in [6.45, 7) is 4.19. The largest absolute Gasteiger partial charge is 0.481 e. The van der Waals surface area contributed by atoms with Gasteiger partial charge in [-0.2, -0.15) is 0 Å². The van der Waals surface area contributed by atoms with Crippen LogP contribution in [0.1, 0.15) is 71.6 Å². The van der Waals surface area contributed by atoms with Crippen LogP contribution in [-0.2, 0) is 4.79 Å². The average molecular weight is 336 g/mol. The van der Waals surface area contributed by atoms with E-state index in [2.05, 4.69) is 6.92 Å². The van der Waals surface area contributed by atoms with Gasteiger partial charge in [0.25, 0.3) is 0 Å². The highest BCUT2D eigenvalue weighted by Crippen LogP contribution is 2.72. The minimum atomic E-state index is -0.900. The molecule has 0 radical (unpaired) electrons. The topological polar surface area (TPSA) is 77.8 Å². The lowest BCUT2D eigenvalue weighted by Gasteiger charge is -2.63. The molecule has 7 atom stereocenters. The molecular formula is C20H32O4. The summed E-state index contributed by atoms with van der Waals surface area (Å²) in [6, 6.07) is 0. The number of aliphatic carboxylic acids is 1. The van der Waals surface area contributed by atoms with Crippen LogP contribution in [0.4, 0.5) is 0 Å². The van der Waals surface area contributed by atoms with E-state index in [0.717, 1.165) is 57.8 Å². The second-order valence-electron chi connectivity index (χ2n) is 10.0. The summed E-state index contributed by atoms with van der Waals surface area (Å²) in [5.41, 5.74) is -1.31. The third kappa shape index (κ3) is 1.90.